The summed E-state index contributed by atoms with van der Waals surface area (Å²) in [6.07, 6.45) is 5.37. The Bertz CT molecular complexity index is 1690. The Morgan fingerprint density at radius 3 is 2.04 bits per heavy atom. The fourth-order valence-electron chi connectivity index (χ4n) is 5.84. The van der Waals surface area contributed by atoms with Gasteiger partial charge in [-0.3, -0.25) is 13.9 Å². The van der Waals surface area contributed by atoms with E-state index < -0.39 is 28.5 Å². The van der Waals surface area contributed by atoms with Gasteiger partial charge in [-0.05, 0) is 67.3 Å². The quantitative estimate of drug-likeness (QED) is 0.172. The molecule has 2 amide bonds. The third-order valence-electron chi connectivity index (χ3n) is 8.42. The zero-order chi connectivity index (χ0) is 32.5. The summed E-state index contributed by atoms with van der Waals surface area (Å²) < 4.78 is 30.1. The second-order valence-electron chi connectivity index (χ2n) is 11.9. The van der Waals surface area contributed by atoms with Crippen LogP contribution in [-0.4, -0.2) is 43.8 Å². The van der Waals surface area contributed by atoms with Gasteiger partial charge in [0, 0.05) is 23.5 Å². The molecule has 0 aliphatic heterocycles. The van der Waals surface area contributed by atoms with Gasteiger partial charge in [0.05, 0.1) is 10.6 Å². The Hall–Kier alpha value is -3.95. The van der Waals surface area contributed by atoms with Crippen LogP contribution in [0, 0.1) is 6.92 Å². The van der Waals surface area contributed by atoms with Crippen LogP contribution in [-0.2, 0) is 32.6 Å². The van der Waals surface area contributed by atoms with E-state index in [0.29, 0.717) is 12.1 Å². The van der Waals surface area contributed by atoms with E-state index in [1.54, 1.807) is 47.4 Å². The van der Waals surface area contributed by atoms with E-state index in [1.807, 2.05) is 61.5 Å². The molecule has 0 spiro atoms. The van der Waals surface area contributed by atoms with Crippen molar-refractivity contribution < 1.29 is 18.0 Å². The zero-order valence-corrected chi connectivity index (χ0v) is 28.4. The number of nitrogens with zero attached hydrogens (tertiary/aromatic N) is 2. The van der Waals surface area contributed by atoms with E-state index in [1.165, 1.54) is 12.1 Å². The lowest BCUT2D eigenvalue weighted by Crippen LogP contribution is -2.55. The monoisotopic (exact) mass is 701 g/mol. The van der Waals surface area contributed by atoms with Gasteiger partial charge in [-0.15, -0.1) is 0 Å². The molecule has 5 rings (SSSR count). The summed E-state index contributed by atoms with van der Waals surface area (Å²) in [4.78, 5) is 30.4. The van der Waals surface area contributed by atoms with Gasteiger partial charge in [-0.1, -0.05) is 114 Å². The highest BCUT2D eigenvalue weighted by molar-refractivity contribution is 9.10. The second-order valence-corrected chi connectivity index (χ2v) is 14.6. The molecule has 0 bridgehead atoms. The number of benzene rings is 4. The van der Waals surface area contributed by atoms with Crippen molar-refractivity contribution in [2.75, 3.05) is 10.8 Å². The van der Waals surface area contributed by atoms with Gasteiger partial charge in [0.15, 0.2) is 0 Å². The van der Waals surface area contributed by atoms with E-state index in [-0.39, 0.29) is 23.4 Å². The maximum Gasteiger partial charge on any atom is 0.264 e. The van der Waals surface area contributed by atoms with Gasteiger partial charge in [0.1, 0.15) is 12.6 Å². The molecule has 1 fully saturated rings. The number of rotatable bonds is 12. The lowest BCUT2D eigenvalue weighted by molar-refractivity contribution is -0.140. The molecule has 1 unspecified atom stereocenters. The fourth-order valence-corrected chi connectivity index (χ4v) is 7.54. The standard InChI is InChI=1S/C37H40BrN3O4S/c1-28-17-19-30(20-18-28)26-40(35(25-29-11-5-2-6-12-29)37(43)39-32-13-7-3-8-14-32)36(42)27-41(33-23-21-31(38)22-24-33)46(44,45)34-15-9-4-10-16-34/h2,4-6,9-12,15-24,32,35H,3,7-8,13-14,25-27H2,1H3,(H,39,43). The number of hydrogen-bond donors (Lipinski definition) is 1. The number of halogens is 1. The first-order chi connectivity index (χ1) is 22.2. The molecule has 1 saturated carbocycles. The van der Waals surface area contributed by atoms with E-state index in [0.717, 1.165) is 57.6 Å². The lowest BCUT2D eigenvalue weighted by atomic mass is 9.94. The first-order valence-electron chi connectivity index (χ1n) is 15.7. The van der Waals surface area contributed by atoms with Crippen LogP contribution in [0.4, 0.5) is 5.69 Å². The van der Waals surface area contributed by atoms with Gasteiger partial charge in [-0.2, -0.15) is 0 Å². The van der Waals surface area contributed by atoms with Crippen molar-refractivity contribution in [2.24, 2.45) is 0 Å². The topological polar surface area (TPSA) is 86.8 Å². The third-order valence-corrected chi connectivity index (χ3v) is 10.7. The number of anilines is 1. The summed E-state index contributed by atoms with van der Waals surface area (Å²) in [5, 5.41) is 3.25. The summed E-state index contributed by atoms with van der Waals surface area (Å²) in [5.41, 5.74) is 3.19. The normalized spacial score (nSPS) is 14.3. The van der Waals surface area contributed by atoms with Crippen LogP contribution in [0.5, 0.6) is 0 Å². The van der Waals surface area contributed by atoms with Crippen molar-refractivity contribution in [3.8, 4) is 0 Å². The minimum atomic E-state index is -4.13. The summed E-state index contributed by atoms with van der Waals surface area (Å²) in [5.74, 6) is -0.694. The molecule has 1 N–H and O–H groups in total. The average Bonchev–Trinajstić information content (AvgIpc) is 3.07. The molecule has 4 aromatic carbocycles. The molecular formula is C37H40BrN3O4S. The predicted molar refractivity (Wildman–Crippen MR) is 186 cm³/mol. The maximum atomic E-state index is 14.6. The number of sulfonamides is 1. The Morgan fingerprint density at radius 1 is 0.804 bits per heavy atom. The van der Waals surface area contributed by atoms with Crippen LogP contribution in [0.2, 0.25) is 0 Å². The molecule has 0 aromatic heterocycles. The molecule has 7 nitrogen and oxygen atoms in total. The first kappa shape index (κ1) is 33.4. The number of aryl methyl sites for hydroxylation is 1. The molecule has 0 saturated heterocycles. The van der Waals surface area contributed by atoms with Gasteiger partial charge in [-0.25, -0.2) is 8.42 Å². The molecule has 4 aromatic rings. The number of carbonyl (C=O) groups excluding carboxylic acids is 2. The maximum absolute atomic E-state index is 14.6. The van der Waals surface area contributed by atoms with E-state index >= 15 is 0 Å². The van der Waals surface area contributed by atoms with Gasteiger partial charge in [0.25, 0.3) is 10.0 Å². The third kappa shape index (κ3) is 8.65. The first-order valence-corrected chi connectivity index (χ1v) is 18.0. The van der Waals surface area contributed by atoms with Crippen molar-refractivity contribution in [3.63, 3.8) is 0 Å². The Kier molecular flexibility index (Phi) is 11.3. The fraction of sp³-hybridized carbons (Fsp3) is 0.297. The molecule has 46 heavy (non-hydrogen) atoms. The van der Waals surface area contributed by atoms with Crippen LogP contribution >= 0.6 is 15.9 Å². The summed E-state index contributed by atoms with van der Waals surface area (Å²) >= 11 is 3.43. The van der Waals surface area contributed by atoms with Crippen molar-refractivity contribution in [2.45, 2.75) is 69.0 Å². The van der Waals surface area contributed by atoms with Crippen LogP contribution in [0.15, 0.2) is 119 Å². The van der Waals surface area contributed by atoms with Crippen LogP contribution < -0.4 is 9.62 Å². The molecule has 0 radical (unpaired) electrons. The Morgan fingerprint density at radius 2 is 1.41 bits per heavy atom. The van der Waals surface area contributed by atoms with E-state index in [9.17, 15) is 18.0 Å². The van der Waals surface area contributed by atoms with Crippen LogP contribution in [0.1, 0.15) is 48.8 Å². The SMILES string of the molecule is Cc1ccc(CN(C(=O)CN(c2ccc(Br)cc2)S(=O)(=O)c2ccccc2)C(Cc2ccccc2)C(=O)NC2CCCCC2)cc1. The number of nitrogens with one attached hydrogen (secondary N) is 1. The summed E-state index contributed by atoms with van der Waals surface area (Å²) in [6.45, 7) is 1.66. The Labute approximate surface area is 280 Å². The highest BCUT2D eigenvalue weighted by atomic mass is 79.9. The molecule has 1 atom stereocenters. The molecule has 1 aliphatic rings. The highest BCUT2D eigenvalue weighted by Gasteiger charge is 2.35. The molecule has 240 valence electrons. The molecule has 9 heteroatoms. The largest absolute Gasteiger partial charge is 0.352 e. The minimum Gasteiger partial charge on any atom is -0.352 e. The minimum absolute atomic E-state index is 0.0496. The predicted octanol–water partition coefficient (Wildman–Crippen LogP) is 7.04. The van der Waals surface area contributed by atoms with Crippen LogP contribution in [0.25, 0.3) is 0 Å². The highest BCUT2D eigenvalue weighted by Crippen LogP contribution is 2.27. The molecule has 1 aliphatic carbocycles. The van der Waals surface area contributed by atoms with Gasteiger partial charge < -0.3 is 10.2 Å². The van der Waals surface area contributed by atoms with E-state index in [2.05, 4.69) is 21.2 Å². The van der Waals surface area contributed by atoms with E-state index in [4.69, 9.17) is 0 Å². The van der Waals surface area contributed by atoms with Crippen molar-refractivity contribution >= 4 is 43.5 Å². The molecular weight excluding hydrogens is 662 g/mol. The van der Waals surface area contributed by atoms with Crippen LogP contribution in [0.3, 0.4) is 0 Å². The second kappa shape index (κ2) is 15.6. The summed E-state index contributed by atoms with van der Waals surface area (Å²) in [7, 11) is -4.13. The number of amides is 2. The molecule has 0 heterocycles. The van der Waals surface area contributed by atoms with Crippen molar-refractivity contribution in [1.82, 2.24) is 10.2 Å². The zero-order valence-electron chi connectivity index (χ0n) is 26.0. The number of hydrogen-bond acceptors (Lipinski definition) is 4. The Balaban J connectivity index is 1.55. The average molecular weight is 703 g/mol. The van der Waals surface area contributed by atoms with Crippen molar-refractivity contribution in [3.05, 3.63) is 130 Å². The van der Waals surface area contributed by atoms with Gasteiger partial charge >= 0.3 is 0 Å². The number of carbonyl (C=O) groups is 2. The van der Waals surface area contributed by atoms with Gasteiger partial charge in [0.2, 0.25) is 11.8 Å². The summed E-state index contributed by atoms with van der Waals surface area (Å²) in [6, 6.07) is 31.6. The van der Waals surface area contributed by atoms with Crippen molar-refractivity contribution in [1.29, 1.82) is 0 Å². The smallest absolute Gasteiger partial charge is 0.264 e. The lowest BCUT2D eigenvalue weighted by Gasteiger charge is -2.35.